The van der Waals surface area contributed by atoms with Crippen molar-refractivity contribution in [2.24, 2.45) is 0 Å². The minimum atomic E-state index is 0.171. The van der Waals surface area contributed by atoms with E-state index in [9.17, 15) is 0 Å². The lowest BCUT2D eigenvalue weighted by Gasteiger charge is -2.18. The molecule has 0 radical (unpaired) electrons. The molecule has 1 saturated heterocycles. The second kappa shape index (κ2) is 12.5. The van der Waals surface area contributed by atoms with Gasteiger partial charge < -0.3 is 29.0 Å². The maximum Gasteiger partial charge on any atom is 0.0704 e. The highest BCUT2D eigenvalue weighted by atomic mass is 16.6. The Bertz CT molecular complexity index is 198. The Morgan fingerprint density at radius 1 is 0.600 bits per heavy atom. The van der Waals surface area contributed by atoms with Crippen molar-refractivity contribution in [2.45, 2.75) is 26.1 Å². The zero-order valence-corrected chi connectivity index (χ0v) is 12.8. The molecule has 1 rings (SSSR count). The van der Waals surface area contributed by atoms with Crippen molar-refractivity contribution in [1.82, 2.24) is 5.32 Å². The first kappa shape index (κ1) is 17.8. The second-order valence-electron chi connectivity index (χ2n) is 4.86. The van der Waals surface area contributed by atoms with Gasteiger partial charge in [0.1, 0.15) is 0 Å². The van der Waals surface area contributed by atoms with Crippen LogP contribution < -0.4 is 5.32 Å². The number of rotatable bonds is 0. The lowest BCUT2D eigenvalue weighted by atomic mass is 10.3. The number of ether oxygens (including phenoxy) is 5. The van der Waals surface area contributed by atoms with Gasteiger partial charge in [0, 0.05) is 13.1 Å². The van der Waals surface area contributed by atoms with Crippen LogP contribution in [0.4, 0.5) is 0 Å². The molecule has 0 aliphatic carbocycles. The molecule has 6 nitrogen and oxygen atoms in total. The Hall–Kier alpha value is -0.240. The minimum Gasteiger partial charge on any atom is -0.377 e. The van der Waals surface area contributed by atoms with E-state index in [1.165, 1.54) is 0 Å². The molecule has 0 saturated carbocycles. The summed E-state index contributed by atoms with van der Waals surface area (Å²) < 4.78 is 27.5. The molecule has 2 atom stereocenters. The summed E-state index contributed by atoms with van der Waals surface area (Å²) in [5.41, 5.74) is 0. The lowest BCUT2D eigenvalue weighted by Crippen LogP contribution is -2.34. The molecule has 1 aliphatic rings. The fourth-order valence-corrected chi connectivity index (χ4v) is 1.77. The zero-order chi connectivity index (χ0) is 14.5. The third kappa shape index (κ3) is 10.5. The van der Waals surface area contributed by atoms with Crippen molar-refractivity contribution < 1.29 is 23.7 Å². The SMILES string of the molecule is C[C@H]1CNC[C@H](C)OCCOCCOCCOCCO1. The van der Waals surface area contributed by atoms with Crippen LogP contribution in [0.2, 0.25) is 0 Å². The van der Waals surface area contributed by atoms with Crippen molar-refractivity contribution in [3.05, 3.63) is 0 Å². The van der Waals surface area contributed by atoms with Gasteiger partial charge in [0.25, 0.3) is 0 Å². The highest BCUT2D eigenvalue weighted by Gasteiger charge is 2.05. The van der Waals surface area contributed by atoms with Crippen LogP contribution in [0.15, 0.2) is 0 Å². The van der Waals surface area contributed by atoms with Gasteiger partial charge >= 0.3 is 0 Å². The van der Waals surface area contributed by atoms with Gasteiger partial charge in [-0.1, -0.05) is 0 Å². The van der Waals surface area contributed by atoms with E-state index in [1.807, 2.05) is 13.8 Å². The van der Waals surface area contributed by atoms with Gasteiger partial charge in [0.15, 0.2) is 0 Å². The van der Waals surface area contributed by atoms with Gasteiger partial charge in [-0.3, -0.25) is 0 Å². The van der Waals surface area contributed by atoms with Gasteiger partial charge in [-0.2, -0.15) is 0 Å². The summed E-state index contributed by atoms with van der Waals surface area (Å²) in [6, 6.07) is 0. The fourth-order valence-electron chi connectivity index (χ4n) is 1.77. The predicted molar refractivity (Wildman–Crippen MR) is 76.2 cm³/mol. The molecule has 0 amide bonds. The molecule has 6 heteroatoms. The molecular formula is C14H29NO5. The van der Waals surface area contributed by atoms with Crippen LogP contribution >= 0.6 is 0 Å². The van der Waals surface area contributed by atoms with Crippen LogP contribution in [0.3, 0.4) is 0 Å². The Kier molecular flexibility index (Phi) is 11.1. The van der Waals surface area contributed by atoms with Crippen LogP contribution in [0.25, 0.3) is 0 Å². The zero-order valence-electron chi connectivity index (χ0n) is 12.8. The Balaban J connectivity index is 2.17. The van der Waals surface area contributed by atoms with Crippen molar-refractivity contribution in [3.63, 3.8) is 0 Å². The molecule has 0 aromatic rings. The van der Waals surface area contributed by atoms with E-state index in [4.69, 9.17) is 23.7 Å². The lowest BCUT2D eigenvalue weighted by molar-refractivity contribution is -0.0297. The summed E-state index contributed by atoms with van der Waals surface area (Å²) in [5, 5.41) is 3.34. The third-order valence-electron chi connectivity index (χ3n) is 2.87. The van der Waals surface area contributed by atoms with Gasteiger partial charge in [-0.05, 0) is 13.8 Å². The van der Waals surface area contributed by atoms with E-state index in [0.717, 1.165) is 13.1 Å². The number of nitrogens with one attached hydrogen (secondary N) is 1. The second-order valence-corrected chi connectivity index (χ2v) is 4.86. The summed E-state index contributed by atoms with van der Waals surface area (Å²) in [5.74, 6) is 0. The Labute approximate surface area is 122 Å². The topological polar surface area (TPSA) is 58.2 Å². The Morgan fingerprint density at radius 2 is 0.950 bits per heavy atom. The van der Waals surface area contributed by atoms with Crippen molar-refractivity contribution in [3.8, 4) is 0 Å². The van der Waals surface area contributed by atoms with Gasteiger partial charge in [0.05, 0.1) is 65.1 Å². The van der Waals surface area contributed by atoms with Crippen LogP contribution in [-0.4, -0.2) is 78.2 Å². The Morgan fingerprint density at radius 3 is 1.35 bits per heavy atom. The van der Waals surface area contributed by atoms with Crippen molar-refractivity contribution in [2.75, 3.05) is 65.9 Å². The van der Waals surface area contributed by atoms with Crippen molar-refractivity contribution >= 4 is 0 Å². The fraction of sp³-hybridized carbons (Fsp3) is 1.00. The van der Waals surface area contributed by atoms with Crippen molar-refractivity contribution in [1.29, 1.82) is 0 Å². The average molecular weight is 291 g/mol. The van der Waals surface area contributed by atoms with E-state index in [-0.39, 0.29) is 12.2 Å². The first-order valence-electron chi connectivity index (χ1n) is 7.46. The van der Waals surface area contributed by atoms with Crippen LogP contribution in [0.5, 0.6) is 0 Å². The molecular weight excluding hydrogens is 262 g/mol. The molecule has 0 aromatic carbocycles. The van der Waals surface area contributed by atoms with E-state index in [1.54, 1.807) is 0 Å². The molecule has 1 aliphatic heterocycles. The van der Waals surface area contributed by atoms with Crippen LogP contribution in [0.1, 0.15) is 13.8 Å². The minimum absolute atomic E-state index is 0.171. The summed E-state index contributed by atoms with van der Waals surface area (Å²) in [7, 11) is 0. The van der Waals surface area contributed by atoms with E-state index >= 15 is 0 Å². The number of hydrogen-bond acceptors (Lipinski definition) is 6. The van der Waals surface area contributed by atoms with Crippen LogP contribution in [-0.2, 0) is 23.7 Å². The third-order valence-corrected chi connectivity index (χ3v) is 2.87. The quantitative estimate of drug-likeness (QED) is 0.699. The highest BCUT2D eigenvalue weighted by molar-refractivity contribution is 4.60. The maximum absolute atomic E-state index is 5.63. The van der Waals surface area contributed by atoms with E-state index < -0.39 is 0 Å². The average Bonchev–Trinajstić information content (AvgIpc) is 2.43. The molecule has 0 bridgehead atoms. The molecule has 20 heavy (non-hydrogen) atoms. The van der Waals surface area contributed by atoms with Crippen LogP contribution in [0, 0.1) is 0 Å². The normalized spacial score (nSPS) is 30.3. The maximum atomic E-state index is 5.63. The first-order chi connectivity index (χ1) is 9.79. The summed E-state index contributed by atoms with van der Waals surface area (Å²) >= 11 is 0. The van der Waals surface area contributed by atoms with E-state index in [0.29, 0.717) is 52.9 Å². The monoisotopic (exact) mass is 291 g/mol. The predicted octanol–water partition coefficient (Wildman–Crippen LogP) is 0.450. The molecule has 0 spiro atoms. The first-order valence-corrected chi connectivity index (χ1v) is 7.46. The largest absolute Gasteiger partial charge is 0.377 e. The van der Waals surface area contributed by atoms with E-state index in [2.05, 4.69) is 5.32 Å². The molecule has 1 heterocycles. The highest BCUT2D eigenvalue weighted by Crippen LogP contribution is 1.93. The molecule has 1 fully saturated rings. The molecule has 120 valence electrons. The van der Waals surface area contributed by atoms with Gasteiger partial charge in [-0.15, -0.1) is 0 Å². The molecule has 1 N–H and O–H groups in total. The van der Waals surface area contributed by atoms with Gasteiger partial charge in [0.2, 0.25) is 0 Å². The molecule has 0 aromatic heterocycles. The standard InChI is InChI=1S/C14H29NO5/c1-13-11-15-12-14(2)20-10-8-18-6-4-16-3-5-17-7-9-19-13/h13-15H,3-12H2,1-2H3/t13-,14-/m0/s1. The summed E-state index contributed by atoms with van der Waals surface area (Å²) in [4.78, 5) is 0. The summed E-state index contributed by atoms with van der Waals surface area (Å²) in [6.07, 6.45) is 0.341. The smallest absolute Gasteiger partial charge is 0.0704 e. The molecule has 0 unspecified atom stereocenters. The number of hydrogen-bond donors (Lipinski definition) is 1. The van der Waals surface area contributed by atoms with Gasteiger partial charge in [-0.25, -0.2) is 0 Å². The summed E-state index contributed by atoms with van der Waals surface area (Å²) in [6.45, 7) is 10.5.